The molecule has 1 fully saturated rings. The van der Waals surface area contributed by atoms with Crippen molar-refractivity contribution < 1.29 is 23.9 Å². The van der Waals surface area contributed by atoms with E-state index in [1.807, 2.05) is 6.07 Å². The third kappa shape index (κ3) is 3.81. The van der Waals surface area contributed by atoms with Gasteiger partial charge >= 0.3 is 5.97 Å². The SMILES string of the molecule is CN1C(=O)C(=Cc2ccc(-c3ccc(Cl)c(C(=O)O)c3)o2)C(=O)N(c2ccccc2)C1=S. The standard InChI is InChI=1S/C23H15ClN2O5S/c1-25-20(27)17(21(28)26(23(25)32)14-5-3-2-4-6-14)12-15-8-10-19(31-15)13-7-9-18(24)16(11-13)22(29)30/h2-12H,1H3,(H,29,30). The van der Waals surface area contributed by atoms with Crippen LogP contribution >= 0.6 is 23.8 Å². The number of anilines is 1. The molecule has 1 aliphatic rings. The van der Waals surface area contributed by atoms with E-state index >= 15 is 0 Å². The number of carbonyl (C=O) groups excluding carboxylic acids is 2. The second kappa shape index (κ2) is 8.41. The number of aromatic carboxylic acids is 1. The number of halogens is 1. The van der Waals surface area contributed by atoms with E-state index in [1.165, 1.54) is 35.1 Å². The van der Waals surface area contributed by atoms with E-state index in [-0.39, 0.29) is 27.0 Å². The number of hydrogen-bond acceptors (Lipinski definition) is 5. The molecule has 160 valence electrons. The fourth-order valence-electron chi connectivity index (χ4n) is 3.21. The summed E-state index contributed by atoms with van der Waals surface area (Å²) in [6.07, 6.45) is 1.34. The summed E-state index contributed by atoms with van der Waals surface area (Å²) in [5.74, 6) is -1.68. The van der Waals surface area contributed by atoms with E-state index in [0.717, 1.165) is 0 Å². The van der Waals surface area contributed by atoms with Gasteiger partial charge in [0.1, 0.15) is 17.1 Å². The van der Waals surface area contributed by atoms with Crippen LogP contribution in [0.5, 0.6) is 0 Å². The number of para-hydroxylation sites is 1. The largest absolute Gasteiger partial charge is 0.478 e. The number of carboxylic acid groups (broad SMARTS) is 1. The van der Waals surface area contributed by atoms with Gasteiger partial charge < -0.3 is 9.52 Å². The smallest absolute Gasteiger partial charge is 0.337 e. The molecular weight excluding hydrogens is 452 g/mol. The van der Waals surface area contributed by atoms with E-state index in [9.17, 15) is 19.5 Å². The third-order valence-corrected chi connectivity index (χ3v) is 5.64. The van der Waals surface area contributed by atoms with Gasteiger partial charge in [0.15, 0.2) is 5.11 Å². The molecule has 2 aromatic carbocycles. The predicted octanol–water partition coefficient (Wildman–Crippen LogP) is 4.47. The first-order valence-electron chi connectivity index (χ1n) is 9.34. The minimum Gasteiger partial charge on any atom is -0.478 e. The summed E-state index contributed by atoms with van der Waals surface area (Å²) in [4.78, 5) is 39.7. The highest BCUT2D eigenvalue weighted by Crippen LogP contribution is 2.29. The number of likely N-dealkylation sites (N-methyl/N-ethyl adjacent to an activating group) is 1. The summed E-state index contributed by atoms with van der Waals surface area (Å²) in [5, 5.41) is 9.44. The van der Waals surface area contributed by atoms with Crippen molar-refractivity contribution in [1.82, 2.24) is 4.90 Å². The number of amides is 2. The van der Waals surface area contributed by atoms with Crippen molar-refractivity contribution in [1.29, 1.82) is 0 Å². The quantitative estimate of drug-likeness (QED) is 0.346. The Balaban J connectivity index is 1.71. The molecule has 4 rings (SSSR count). The monoisotopic (exact) mass is 466 g/mol. The van der Waals surface area contributed by atoms with Crippen LogP contribution in [0.1, 0.15) is 16.1 Å². The van der Waals surface area contributed by atoms with Gasteiger partial charge in [-0.1, -0.05) is 29.8 Å². The van der Waals surface area contributed by atoms with Gasteiger partial charge in [0, 0.05) is 12.6 Å². The Bertz CT molecular complexity index is 1300. The van der Waals surface area contributed by atoms with Crippen molar-refractivity contribution in [3.8, 4) is 11.3 Å². The first-order chi connectivity index (χ1) is 15.3. The van der Waals surface area contributed by atoms with Crippen molar-refractivity contribution >= 4 is 58.5 Å². The summed E-state index contributed by atoms with van der Waals surface area (Å²) in [5.41, 5.74) is 0.845. The summed E-state index contributed by atoms with van der Waals surface area (Å²) in [6, 6.07) is 16.4. The lowest BCUT2D eigenvalue weighted by Gasteiger charge is -2.34. The van der Waals surface area contributed by atoms with E-state index in [4.69, 9.17) is 28.2 Å². The van der Waals surface area contributed by atoms with Crippen LogP contribution in [0.4, 0.5) is 5.69 Å². The van der Waals surface area contributed by atoms with Gasteiger partial charge in [0.05, 0.1) is 16.3 Å². The maximum Gasteiger partial charge on any atom is 0.337 e. The molecule has 1 saturated heterocycles. The van der Waals surface area contributed by atoms with E-state index in [0.29, 0.717) is 17.0 Å². The van der Waals surface area contributed by atoms with Gasteiger partial charge in [-0.05, 0) is 60.8 Å². The highest BCUT2D eigenvalue weighted by Gasteiger charge is 2.38. The average molecular weight is 467 g/mol. The molecule has 1 aromatic heterocycles. The highest BCUT2D eigenvalue weighted by atomic mass is 35.5. The van der Waals surface area contributed by atoms with Crippen molar-refractivity contribution in [2.45, 2.75) is 0 Å². The second-order valence-corrected chi connectivity index (χ2v) is 7.66. The Morgan fingerprint density at radius 1 is 1.06 bits per heavy atom. The molecule has 1 aliphatic heterocycles. The lowest BCUT2D eigenvalue weighted by atomic mass is 10.1. The highest BCUT2D eigenvalue weighted by molar-refractivity contribution is 7.80. The number of furan rings is 1. The average Bonchev–Trinajstić information content (AvgIpc) is 3.25. The zero-order valence-electron chi connectivity index (χ0n) is 16.6. The number of carboxylic acids is 1. The number of carbonyl (C=O) groups is 3. The first-order valence-corrected chi connectivity index (χ1v) is 10.1. The summed E-state index contributed by atoms with van der Waals surface area (Å²) < 4.78 is 5.76. The van der Waals surface area contributed by atoms with Crippen molar-refractivity contribution in [3.63, 3.8) is 0 Å². The summed E-state index contributed by atoms with van der Waals surface area (Å²) in [7, 11) is 1.50. The molecule has 2 heterocycles. The number of benzene rings is 2. The predicted molar refractivity (Wildman–Crippen MR) is 123 cm³/mol. The van der Waals surface area contributed by atoms with E-state index < -0.39 is 17.8 Å². The minimum absolute atomic E-state index is 0.0632. The fraction of sp³-hybridized carbons (Fsp3) is 0.0435. The molecule has 32 heavy (non-hydrogen) atoms. The molecule has 7 nitrogen and oxygen atoms in total. The van der Waals surface area contributed by atoms with Crippen LogP contribution in [0.25, 0.3) is 17.4 Å². The topological polar surface area (TPSA) is 91.1 Å². The molecule has 0 bridgehead atoms. The van der Waals surface area contributed by atoms with Crippen LogP contribution in [0.2, 0.25) is 5.02 Å². The van der Waals surface area contributed by atoms with Gasteiger partial charge in [0.25, 0.3) is 11.8 Å². The zero-order chi connectivity index (χ0) is 23.0. The lowest BCUT2D eigenvalue weighted by Crippen LogP contribution is -2.54. The molecule has 2 amide bonds. The first kappa shape index (κ1) is 21.5. The molecular formula is C23H15ClN2O5S. The van der Waals surface area contributed by atoms with Gasteiger partial charge in [-0.25, -0.2) is 4.79 Å². The maximum absolute atomic E-state index is 13.1. The van der Waals surface area contributed by atoms with Crippen molar-refractivity contribution in [3.05, 3.63) is 82.6 Å². The molecule has 0 saturated carbocycles. The molecule has 3 aromatic rings. The van der Waals surface area contributed by atoms with Crippen LogP contribution < -0.4 is 4.90 Å². The normalized spacial score (nSPS) is 15.6. The molecule has 0 unspecified atom stereocenters. The van der Waals surface area contributed by atoms with Gasteiger partial charge in [-0.15, -0.1) is 0 Å². The number of hydrogen-bond donors (Lipinski definition) is 1. The molecule has 0 radical (unpaired) electrons. The van der Waals surface area contributed by atoms with Gasteiger partial charge in [0.2, 0.25) is 0 Å². The Morgan fingerprint density at radius 2 is 1.78 bits per heavy atom. The number of thiocarbonyl (C=S) groups is 1. The molecule has 0 aliphatic carbocycles. The Labute approximate surface area is 193 Å². The third-order valence-electron chi connectivity index (χ3n) is 4.86. The molecule has 9 heteroatoms. The Kier molecular flexibility index (Phi) is 5.65. The van der Waals surface area contributed by atoms with Gasteiger partial charge in [-0.3, -0.25) is 19.4 Å². The van der Waals surface area contributed by atoms with Crippen molar-refractivity contribution in [2.75, 3.05) is 11.9 Å². The van der Waals surface area contributed by atoms with Crippen LogP contribution in [-0.4, -0.2) is 40.0 Å². The van der Waals surface area contributed by atoms with E-state index in [1.54, 1.807) is 42.5 Å². The van der Waals surface area contributed by atoms with E-state index in [2.05, 4.69) is 0 Å². The second-order valence-electron chi connectivity index (χ2n) is 6.88. The Hall–Kier alpha value is -3.75. The number of rotatable bonds is 4. The van der Waals surface area contributed by atoms with Crippen LogP contribution in [-0.2, 0) is 9.59 Å². The van der Waals surface area contributed by atoms with Crippen LogP contribution in [0.15, 0.2) is 70.7 Å². The maximum atomic E-state index is 13.1. The molecule has 0 spiro atoms. The number of nitrogens with zero attached hydrogens (tertiary/aromatic N) is 2. The van der Waals surface area contributed by atoms with Gasteiger partial charge in [-0.2, -0.15) is 0 Å². The lowest BCUT2D eigenvalue weighted by molar-refractivity contribution is -0.127. The van der Waals surface area contributed by atoms with Crippen LogP contribution in [0, 0.1) is 0 Å². The van der Waals surface area contributed by atoms with Crippen LogP contribution in [0.3, 0.4) is 0 Å². The summed E-state index contributed by atoms with van der Waals surface area (Å²) >= 11 is 11.2. The zero-order valence-corrected chi connectivity index (χ0v) is 18.2. The van der Waals surface area contributed by atoms with Crippen molar-refractivity contribution in [2.24, 2.45) is 0 Å². The minimum atomic E-state index is -1.16. The Morgan fingerprint density at radius 3 is 2.47 bits per heavy atom. The summed E-state index contributed by atoms with van der Waals surface area (Å²) in [6.45, 7) is 0. The molecule has 1 N–H and O–H groups in total. The molecule has 0 atom stereocenters. The fourth-order valence-corrected chi connectivity index (χ4v) is 3.68.